The number of hydrogen-bond acceptors (Lipinski definition) is 6. The van der Waals surface area contributed by atoms with Gasteiger partial charge in [0.15, 0.2) is 0 Å². The Labute approximate surface area is 268 Å². The molecule has 42 heavy (non-hydrogen) atoms. The van der Waals surface area contributed by atoms with E-state index in [4.69, 9.17) is 9.47 Å². The third-order valence-corrected chi connectivity index (χ3v) is 5.25. The van der Waals surface area contributed by atoms with Crippen LogP contribution in [0.5, 0.6) is 23.0 Å². The van der Waals surface area contributed by atoms with Gasteiger partial charge in [-0.1, -0.05) is 36.4 Å². The van der Waals surface area contributed by atoms with Crippen molar-refractivity contribution in [1.29, 1.82) is 0 Å². The van der Waals surface area contributed by atoms with Gasteiger partial charge in [-0.15, -0.1) is 0 Å². The van der Waals surface area contributed by atoms with Crippen LogP contribution in [0, 0.1) is 0 Å². The summed E-state index contributed by atoms with van der Waals surface area (Å²) in [5, 5.41) is 19.9. The molecule has 0 saturated heterocycles. The zero-order valence-corrected chi connectivity index (χ0v) is 25.7. The molecule has 0 aliphatic carbocycles. The summed E-state index contributed by atoms with van der Waals surface area (Å²) < 4.78 is 11.1. The normalized spacial score (nSPS) is 9.43. The van der Waals surface area contributed by atoms with Gasteiger partial charge in [-0.3, -0.25) is 9.98 Å². The Bertz CT molecular complexity index is 1290. The van der Waals surface area contributed by atoms with Crippen molar-refractivity contribution < 1.29 is 70.7 Å². The number of nitrogens with zero attached hydrogens (tertiary/aromatic N) is 2. The van der Waals surface area contributed by atoms with Gasteiger partial charge in [0.05, 0.1) is 14.2 Å². The van der Waals surface area contributed by atoms with Gasteiger partial charge in [0, 0.05) is 23.6 Å². The average Bonchev–Trinajstić information content (AvgIpc) is 2.98. The van der Waals surface area contributed by atoms with E-state index in [0.717, 1.165) is 11.1 Å². The monoisotopic (exact) mass is 710 g/mol. The Kier molecular flexibility index (Phi) is 24.1. The van der Waals surface area contributed by atoms with Crippen LogP contribution in [0.3, 0.4) is 0 Å². The molecule has 4 rings (SSSR count). The van der Waals surface area contributed by atoms with Crippen molar-refractivity contribution in [2.75, 3.05) is 14.2 Å². The number of hydrogen-bond donors (Lipinski definition) is 2. The molecule has 0 bridgehead atoms. The summed E-state index contributed by atoms with van der Waals surface area (Å²) in [4.78, 5) is 8.95. The van der Waals surface area contributed by atoms with E-state index in [2.05, 4.69) is 59.5 Å². The first-order chi connectivity index (χ1) is 18.6. The second-order valence-corrected chi connectivity index (χ2v) is 7.41. The molecule has 0 aromatic heterocycles. The van der Waals surface area contributed by atoms with E-state index in [1.165, 1.54) is 0 Å². The standard InChI is InChI=1S/C28H24N2O4.2ClH.2Ni.4H2O/c1-33-27-15-19(11-13-23(27)29-17-21-7-3-5-9-25(21)31)20-12-14-24(28(16-20)34-2)30-18-22-8-4-6-10-26(22)32;;;;;;;;/h3-18,31-32H,1-2H3;2*1H;;;4*1H2/q;;;2*+1;;;;/p-2. The van der Waals surface area contributed by atoms with Crippen LogP contribution in [0.2, 0.25) is 0 Å². The van der Waals surface area contributed by atoms with Gasteiger partial charge >= 0.3 is 49.5 Å². The number of halogens is 2. The van der Waals surface area contributed by atoms with Gasteiger partial charge in [-0.25, -0.2) is 0 Å². The summed E-state index contributed by atoms with van der Waals surface area (Å²) in [6.07, 6.45) is 3.21. The van der Waals surface area contributed by atoms with Crippen molar-refractivity contribution in [3.63, 3.8) is 0 Å². The van der Waals surface area contributed by atoms with Crippen LogP contribution in [0.25, 0.3) is 11.1 Å². The molecule has 0 aliphatic rings. The molecular weight excluding hydrogens is 681 g/mol. The third kappa shape index (κ3) is 12.0. The Morgan fingerprint density at radius 2 is 0.905 bits per heavy atom. The van der Waals surface area contributed by atoms with Crippen LogP contribution < -0.4 is 9.47 Å². The first-order valence-electron chi connectivity index (χ1n) is 10.8. The van der Waals surface area contributed by atoms with Crippen LogP contribution in [-0.4, -0.2) is 58.8 Å². The second kappa shape index (κ2) is 23.4. The number of ether oxygens (including phenoxy) is 2. The number of benzene rings is 4. The first kappa shape index (κ1) is 43.3. The summed E-state index contributed by atoms with van der Waals surface area (Å²) >= 11 is 6.69. The van der Waals surface area contributed by atoms with Crippen molar-refractivity contribution in [2.45, 2.75) is 0 Å². The maximum absolute atomic E-state index is 9.94. The predicted molar refractivity (Wildman–Crippen MR) is 162 cm³/mol. The van der Waals surface area contributed by atoms with E-state index in [1.54, 1.807) is 63.0 Å². The summed E-state index contributed by atoms with van der Waals surface area (Å²) in [7, 11) is 11.7. The minimum absolute atomic E-state index is 0. The Morgan fingerprint density at radius 1 is 0.571 bits per heavy atom. The van der Waals surface area contributed by atoms with Gasteiger partial charge in [0.25, 0.3) is 0 Å². The van der Waals surface area contributed by atoms with E-state index < -0.39 is 0 Å². The van der Waals surface area contributed by atoms with E-state index >= 15 is 0 Å². The molecule has 0 heterocycles. The fourth-order valence-corrected chi connectivity index (χ4v) is 3.40. The molecule has 0 atom stereocenters. The zero-order valence-electron chi connectivity index (χ0n) is 22.2. The van der Waals surface area contributed by atoms with Gasteiger partial charge in [-0.05, 0) is 59.7 Å². The summed E-state index contributed by atoms with van der Waals surface area (Å²) in [6, 6.07) is 25.4. The number of rotatable bonds is 7. The molecule has 10 N–H and O–H groups in total. The fourth-order valence-electron chi connectivity index (χ4n) is 3.40. The van der Waals surface area contributed by atoms with Gasteiger partial charge < -0.3 is 41.6 Å². The molecular formula is C28H32Cl2N2Ni2O8. The number of phenols is 2. The number of methoxy groups -OCH3 is 2. The van der Waals surface area contributed by atoms with Crippen molar-refractivity contribution >= 4 is 44.2 Å². The molecule has 0 aliphatic heterocycles. The van der Waals surface area contributed by atoms with E-state index in [-0.39, 0.29) is 33.4 Å². The van der Waals surface area contributed by atoms with Gasteiger partial charge in [-0.2, -0.15) is 0 Å². The first-order valence-corrected chi connectivity index (χ1v) is 13.6. The van der Waals surface area contributed by atoms with Crippen LogP contribution in [0.1, 0.15) is 11.1 Å². The van der Waals surface area contributed by atoms with Crippen LogP contribution >= 0.6 is 20.4 Å². The number of aromatic hydroxyl groups is 2. The van der Waals surface area contributed by atoms with Crippen LogP contribution in [0.4, 0.5) is 11.4 Å². The molecule has 0 spiro atoms. The van der Waals surface area contributed by atoms with E-state index in [1.807, 2.05) is 48.5 Å². The molecule has 236 valence electrons. The Hall–Kier alpha value is -3.17. The van der Waals surface area contributed by atoms with E-state index in [9.17, 15) is 10.2 Å². The quantitative estimate of drug-likeness (QED) is 0.211. The van der Waals surface area contributed by atoms with Crippen LogP contribution in [-0.2, 0) is 29.1 Å². The summed E-state index contributed by atoms with van der Waals surface area (Å²) in [5.74, 6) is 1.54. The molecule has 0 saturated carbocycles. The summed E-state index contributed by atoms with van der Waals surface area (Å²) in [6.45, 7) is 0. The van der Waals surface area contributed by atoms with Gasteiger partial charge in [0.2, 0.25) is 0 Å². The third-order valence-electron chi connectivity index (χ3n) is 5.25. The average molecular weight is 713 g/mol. The fraction of sp³-hybridized carbons (Fsp3) is 0.0714. The van der Waals surface area contributed by atoms with Crippen LogP contribution in [0.15, 0.2) is 94.9 Å². The topological polar surface area (TPSA) is 210 Å². The molecule has 0 radical (unpaired) electrons. The molecule has 10 nitrogen and oxygen atoms in total. The van der Waals surface area contributed by atoms with Crippen molar-refractivity contribution in [2.24, 2.45) is 9.98 Å². The zero-order chi connectivity index (χ0) is 27.9. The van der Waals surface area contributed by atoms with Crippen molar-refractivity contribution in [3.8, 4) is 34.1 Å². The minimum atomic E-state index is 0. The molecule has 0 fully saturated rings. The number of para-hydroxylation sites is 2. The van der Waals surface area contributed by atoms with Crippen molar-refractivity contribution in [3.05, 3.63) is 96.1 Å². The molecule has 14 heteroatoms. The molecule has 4 aromatic rings. The van der Waals surface area contributed by atoms with Gasteiger partial charge in [0.1, 0.15) is 34.4 Å². The Morgan fingerprint density at radius 3 is 1.21 bits per heavy atom. The SMILES string of the molecule is COc1cc(-c2ccc(N=Cc3ccccc3O)c(OC)c2)ccc1N=Cc1ccccc1O.O.O.O.O.[Cl][Ni].[Cl][Ni]. The molecule has 4 aromatic carbocycles. The summed E-state index contributed by atoms with van der Waals surface area (Å²) in [5.41, 5.74) is 4.38. The maximum atomic E-state index is 9.94. The predicted octanol–water partition coefficient (Wildman–Crippen LogP) is 4.36. The molecule has 0 amide bonds. The second-order valence-electron chi connectivity index (χ2n) is 7.41. The molecule has 0 unspecified atom stereocenters. The van der Waals surface area contributed by atoms with E-state index in [0.29, 0.717) is 34.0 Å². The number of aliphatic imine (C=N–C) groups is 2. The Balaban J connectivity index is -0.00000182. The number of phenolic OH excluding ortho intramolecular Hbond substituents is 2. The van der Waals surface area contributed by atoms with Crippen molar-refractivity contribution in [1.82, 2.24) is 0 Å².